The smallest absolute Gasteiger partial charge is 0.351 e. The highest BCUT2D eigenvalue weighted by molar-refractivity contribution is 8.17. The van der Waals surface area contributed by atoms with E-state index in [9.17, 15) is 4.79 Å². The van der Waals surface area contributed by atoms with E-state index in [0.29, 0.717) is 0 Å². The van der Waals surface area contributed by atoms with Crippen molar-refractivity contribution in [2.75, 3.05) is 42.5 Å². The van der Waals surface area contributed by atoms with E-state index in [0.717, 1.165) is 42.8 Å². The van der Waals surface area contributed by atoms with Crippen LogP contribution >= 0.6 is 10.9 Å². The summed E-state index contributed by atoms with van der Waals surface area (Å²) in [5, 5.41) is 0. The summed E-state index contributed by atoms with van der Waals surface area (Å²) in [7, 11) is 1.49. The minimum absolute atomic E-state index is 0.180. The molecule has 0 aromatic carbocycles. The van der Waals surface area contributed by atoms with Gasteiger partial charge >= 0.3 is 5.69 Å². The van der Waals surface area contributed by atoms with Crippen LogP contribution in [0, 0.1) is 0 Å². The van der Waals surface area contributed by atoms with Gasteiger partial charge in [0.2, 0.25) is 0 Å². The molecule has 1 fully saturated rings. The van der Waals surface area contributed by atoms with Crippen LogP contribution in [0.25, 0.3) is 0 Å². The van der Waals surface area contributed by atoms with Gasteiger partial charge in [0, 0.05) is 37.9 Å². The molecular weight excluding hydrogens is 314 g/mol. The minimum Gasteiger partial charge on any atom is -0.381 e. The van der Waals surface area contributed by atoms with E-state index in [4.69, 9.17) is 9.47 Å². The highest BCUT2D eigenvalue weighted by Crippen LogP contribution is 2.38. The van der Waals surface area contributed by atoms with Crippen molar-refractivity contribution in [3.8, 4) is 0 Å². The number of ether oxygens (including phenoxy) is 2. The van der Waals surface area contributed by atoms with Crippen LogP contribution in [0.15, 0.2) is 17.1 Å². The van der Waals surface area contributed by atoms with Gasteiger partial charge in [0.1, 0.15) is 12.0 Å². The number of hydrogen-bond acceptors (Lipinski definition) is 5. The van der Waals surface area contributed by atoms with Crippen molar-refractivity contribution < 1.29 is 9.47 Å². The first-order chi connectivity index (χ1) is 11.1. The van der Waals surface area contributed by atoms with Crippen molar-refractivity contribution >= 4 is 16.7 Å². The molecule has 0 spiro atoms. The van der Waals surface area contributed by atoms with Crippen LogP contribution in [0.1, 0.15) is 33.4 Å². The lowest BCUT2D eigenvalue weighted by molar-refractivity contribution is 0.0637. The number of hydrogen-bond donors (Lipinski definition) is 1. The topological polar surface area (TPSA) is 56.6 Å². The number of aromatic nitrogens is 2. The zero-order valence-electron chi connectivity index (χ0n) is 14.6. The summed E-state index contributed by atoms with van der Waals surface area (Å²) in [6.45, 7) is 8.04. The van der Waals surface area contributed by atoms with E-state index < -0.39 is 0 Å². The third-order valence-corrected chi connectivity index (χ3v) is 6.48. The second-order valence-corrected chi connectivity index (χ2v) is 8.22. The van der Waals surface area contributed by atoms with Gasteiger partial charge < -0.3 is 14.4 Å². The Hall–Kier alpha value is -1.05. The molecule has 1 aromatic rings. The van der Waals surface area contributed by atoms with Crippen molar-refractivity contribution in [1.82, 2.24) is 9.55 Å². The van der Waals surface area contributed by atoms with Gasteiger partial charge in [0.05, 0.1) is 12.0 Å². The molecule has 0 radical (unpaired) electrons. The summed E-state index contributed by atoms with van der Waals surface area (Å²) in [5.74, 6) is 3.40. The fraction of sp³-hybridized carbons (Fsp3) is 0.750. The quantitative estimate of drug-likeness (QED) is 0.732. The van der Waals surface area contributed by atoms with E-state index in [1.807, 2.05) is 12.3 Å². The molecular formula is C16H29N3O3S. The van der Waals surface area contributed by atoms with Gasteiger partial charge in [-0.2, -0.15) is 4.98 Å². The first-order valence-electron chi connectivity index (χ1n) is 8.29. The zero-order valence-corrected chi connectivity index (χ0v) is 15.5. The molecule has 0 N–H and O–H groups in total. The molecule has 1 aromatic heterocycles. The van der Waals surface area contributed by atoms with Crippen LogP contribution in [0.3, 0.4) is 0 Å². The van der Waals surface area contributed by atoms with Crippen LogP contribution in [-0.2, 0) is 9.47 Å². The highest BCUT2D eigenvalue weighted by Gasteiger charge is 2.26. The molecule has 23 heavy (non-hydrogen) atoms. The summed E-state index contributed by atoms with van der Waals surface area (Å²) in [6.07, 6.45) is 2.92. The molecule has 0 amide bonds. The summed E-state index contributed by atoms with van der Waals surface area (Å²) in [6, 6.07) is 1.92. The van der Waals surface area contributed by atoms with Gasteiger partial charge in [0.25, 0.3) is 0 Å². The number of anilines is 1. The number of nitrogens with zero attached hydrogens (tertiary/aromatic N) is 3. The number of rotatable bonds is 8. The molecule has 0 saturated carbocycles. The van der Waals surface area contributed by atoms with Crippen molar-refractivity contribution in [2.24, 2.45) is 0 Å². The Balaban J connectivity index is 2.05. The predicted molar refractivity (Wildman–Crippen MR) is 96.9 cm³/mol. The standard InChI is InChI=1S/C16H29N3O3S/c1-5-8-18(6-2)14-7-9-19(16(20)17-14)15-11-23(12-22-15)10-13(3)21-4/h7,9,13,15,23H,5-6,8,10-12H2,1-4H3/t13?,15-/m0/s1. The SMILES string of the molecule is CCCN(CC)c1ccn([C@@H]2C[SH](CC(C)OC)CO2)c(=O)n1. The Kier molecular flexibility index (Phi) is 6.92. The first-order valence-corrected chi connectivity index (χ1v) is 10.2. The summed E-state index contributed by atoms with van der Waals surface area (Å²) < 4.78 is 12.8. The first kappa shape index (κ1) is 18.3. The molecule has 0 aliphatic carbocycles. The maximum Gasteiger partial charge on any atom is 0.351 e. The number of thiol groups is 1. The van der Waals surface area contributed by atoms with Crippen molar-refractivity contribution in [3.05, 3.63) is 22.7 Å². The minimum atomic E-state index is -0.240. The molecule has 7 heteroatoms. The predicted octanol–water partition coefficient (Wildman–Crippen LogP) is 2.00. The molecule has 1 aliphatic heterocycles. The lowest BCUT2D eigenvalue weighted by Gasteiger charge is -2.22. The van der Waals surface area contributed by atoms with Crippen molar-refractivity contribution in [3.63, 3.8) is 0 Å². The van der Waals surface area contributed by atoms with Gasteiger partial charge in [-0.25, -0.2) is 15.7 Å². The third-order valence-electron chi connectivity index (χ3n) is 4.11. The lowest BCUT2D eigenvalue weighted by Crippen LogP contribution is -2.32. The van der Waals surface area contributed by atoms with E-state index >= 15 is 0 Å². The van der Waals surface area contributed by atoms with Crippen LogP contribution in [0.5, 0.6) is 0 Å². The van der Waals surface area contributed by atoms with Gasteiger partial charge in [0.15, 0.2) is 0 Å². The third kappa shape index (κ3) is 4.71. The summed E-state index contributed by atoms with van der Waals surface area (Å²) >= 11 is 0. The van der Waals surface area contributed by atoms with Crippen molar-refractivity contribution in [1.29, 1.82) is 0 Å². The zero-order chi connectivity index (χ0) is 16.8. The molecule has 2 rings (SSSR count). The second kappa shape index (κ2) is 8.70. The Morgan fingerprint density at radius 2 is 2.35 bits per heavy atom. The van der Waals surface area contributed by atoms with Gasteiger partial charge in [-0.3, -0.25) is 4.57 Å². The summed E-state index contributed by atoms with van der Waals surface area (Å²) in [5.41, 5.74) is -0.223. The fourth-order valence-electron chi connectivity index (χ4n) is 2.75. The van der Waals surface area contributed by atoms with Crippen LogP contribution in [-0.4, -0.2) is 53.3 Å². The van der Waals surface area contributed by atoms with Crippen LogP contribution in [0.4, 0.5) is 5.82 Å². The number of methoxy groups -OCH3 is 1. The fourth-order valence-corrected chi connectivity index (χ4v) is 5.10. The van der Waals surface area contributed by atoms with E-state index in [2.05, 4.69) is 30.7 Å². The van der Waals surface area contributed by atoms with Crippen LogP contribution < -0.4 is 10.6 Å². The van der Waals surface area contributed by atoms with Gasteiger partial charge in [-0.05, 0) is 26.3 Å². The van der Waals surface area contributed by atoms with E-state index in [1.54, 1.807) is 11.7 Å². The molecule has 6 nitrogen and oxygen atoms in total. The average molecular weight is 343 g/mol. The highest BCUT2D eigenvalue weighted by atomic mass is 32.2. The normalized spacial score (nSPS) is 23.8. The Labute approximate surface area is 141 Å². The van der Waals surface area contributed by atoms with Crippen molar-refractivity contribution in [2.45, 2.75) is 39.5 Å². The van der Waals surface area contributed by atoms with Gasteiger partial charge in [-0.1, -0.05) is 6.92 Å². The lowest BCUT2D eigenvalue weighted by atomic mass is 10.4. The molecule has 0 bridgehead atoms. The van der Waals surface area contributed by atoms with Crippen LogP contribution in [0.2, 0.25) is 0 Å². The van der Waals surface area contributed by atoms with E-state index in [1.165, 1.54) is 0 Å². The Bertz CT molecular complexity index is 552. The Morgan fingerprint density at radius 1 is 1.57 bits per heavy atom. The molecule has 1 aliphatic rings. The molecule has 132 valence electrons. The maximum absolute atomic E-state index is 12.4. The summed E-state index contributed by atoms with van der Waals surface area (Å²) in [4.78, 5) is 18.7. The molecule has 1 saturated heterocycles. The Morgan fingerprint density at radius 3 is 2.96 bits per heavy atom. The van der Waals surface area contributed by atoms with E-state index in [-0.39, 0.29) is 28.9 Å². The largest absolute Gasteiger partial charge is 0.381 e. The average Bonchev–Trinajstić information content (AvgIpc) is 3.00. The molecule has 2 unspecified atom stereocenters. The molecule has 2 heterocycles. The monoisotopic (exact) mass is 343 g/mol. The molecule has 3 atom stereocenters. The van der Waals surface area contributed by atoms with Gasteiger partial charge in [-0.15, -0.1) is 0 Å². The maximum atomic E-state index is 12.4. The second-order valence-electron chi connectivity index (χ2n) is 5.89.